The summed E-state index contributed by atoms with van der Waals surface area (Å²) in [4.78, 5) is 10.5. The number of rotatable bonds is 4. The number of hydrogen-bond acceptors (Lipinski definition) is 5. The van der Waals surface area contributed by atoms with Gasteiger partial charge >= 0.3 is 0 Å². The van der Waals surface area contributed by atoms with Gasteiger partial charge in [-0.3, -0.25) is 10.1 Å². The summed E-state index contributed by atoms with van der Waals surface area (Å²) in [5.74, 6) is 0.698. The summed E-state index contributed by atoms with van der Waals surface area (Å²) in [5, 5.41) is 21.5. The Hall–Kier alpha value is -1.96. The quantitative estimate of drug-likeness (QED) is 0.690. The van der Waals surface area contributed by atoms with Crippen molar-refractivity contribution in [1.29, 1.82) is 0 Å². The second-order valence-corrected chi connectivity index (χ2v) is 4.55. The van der Waals surface area contributed by atoms with Gasteiger partial charge in [0.1, 0.15) is 12.0 Å². The van der Waals surface area contributed by atoms with Crippen molar-refractivity contribution in [1.82, 2.24) is 14.8 Å². The summed E-state index contributed by atoms with van der Waals surface area (Å²) in [6.07, 6.45) is 1.58. The fourth-order valence-corrected chi connectivity index (χ4v) is 1.81. The van der Waals surface area contributed by atoms with Gasteiger partial charge in [-0.1, -0.05) is 15.9 Å². The number of benzene rings is 1. The third-order valence-corrected chi connectivity index (χ3v) is 2.89. The van der Waals surface area contributed by atoms with Gasteiger partial charge in [-0.25, -0.2) is 0 Å². The van der Waals surface area contributed by atoms with E-state index in [4.69, 9.17) is 0 Å². The Bertz CT molecular complexity index is 583. The first-order chi connectivity index (χ1) is 8.58. The second-order valence-electron chi connectivity index (χ2n) is 3.63. The lowest BCUT2D eigenvalue weighted by Crippen LogP contribution is -2.07. The number of nitrogens with one attached hydrogen (secondary N) is 1. The molecular formula is C10H10BrN5O2. The number of aromatic nitrogens is 3. The molecule has 0 saturated heterocycles. The predicted octanol–water partition coefficient (Wildman–Crippen LogP) is 2.10. The molecule has 0 aliphatic heterocycles. The highest BCUT2D eigenvalue weighted by molar-refractivity contribution is 9.10. The summed E-state index contributed by atoms with van der Waals surface area (Å²) in [6.45, 7) is 0.369. The SMILES string of the molecule is Cn1cnnc1CNc1cc(Br)ccc1[N+](=O)[O-]. The molecule has 18 heavy (non-hydrogen) atoms. The minimum Gasteiger partial charge on any atom is -0.372 e. The van der Waals surface area contributed by atoms with E-state index in [2.05, 4.69) is 31.4 Å². The van der Waals surface area contributed by atoms with Gasteiger partial charge in [-0.15, -0.1) is 10.2 Å². The molecule has 1 aromatic carbocycles. The van der Waals surface area contributed by atoms with E-state index in [1.807, 2.05) is 7.05 Å². The summed E-state index contributed by atoms with van der Waals surface area (Å²) in [6, 6.07) is 4.74. The third-order valence-electron chi connectivity index (χ3n) is 2.40. The van der Waals surface area contributed by atoms with E-state index in [1.165, 1.54) is 6.07 Å². The van der Waals surface area contributed by atoms with Crippen LogP contribution in [-0.4, -0.2) is 19.7 Å². The largest absolute Gasteiger partial charge is 0.372 e. The Morgan fingerprint density at radius 3 is 2.94 bits per heavy atom. The average molecular weight is 312 g/mol. The van der Waals surface area contributed by atoms with Gasteiger partial charge in [0.15, 0.2) is 5.82 Å². The molecular weight excluding hydrogens is 302 g/mol. The molecule has 2 aromatic rings. The molecule has 0 spiro atoms. The summed E-state index contributed by atoms with van der Waals surface area (Å²) in [5.41, 5.74) is 0.470. The van der Waals surface area contributed by atoms with Crippen LogP contribution in [0.4, 0.5) is 11.4 Å². The highest BCUT2D eigenvalue weighted by atomic mass is 79.9. The van der Waals surface area contributed by atoms with Crippen LogP contribution in [0.25, 0.3) is 0 Å². The molecule has 7 nitrogen and oxygen atoms in total. The standard InChI is InChI=1S/C10H10BrN5O2/c1-15-6-13-14-10(15)5-12-8-4-7(11)2-3-9(8)16(17)18/h2-4,6,12H,5H2,1H3. The molecule has 2 rings (SSSR count). The van der Waals surface area contributed by atoms with Crippen LogP contribution in [0.2, 0.25) is 0 Å². The molecule has 0 amide bonds. The van der Waals surface area contributed by atoms with E-state index in [0.29, 0.717) is 18.1 Å². The topological polar surface area (TPSA) is 85.9 Å². The Morgan fingerprint density at radius 1 is 1.56 bits per heavy atom. The number of anilines is 1. The first kappa shape index (κ1) is 12.5. The first-order valence-electron chi connectivity index (χ1n) is 5.08. The highest BCUT2D eigenvalue weighted by Gasteiger charge is 2.14. The number of aryl methyl sites for hydroxylation is 1. The summed E-state index contributed by atoms with van der Waals surface area (Å²) in [7, 11) is 1.81. The fourth-order valence-electron chi connectivity index (χ4n) is 1.45. The van der Waals surface area contributed by atoms with Gasteiger partial charge in [-0.2, -0.15) is 0 Å². The van der Waals surface area contributed by atoms with Gasteiger partial charge in [0.25, 0.3) is 5.69 Å². The van der Waals surface area contributed by atoms with Crippen molar-refractivity contribution in [2.24, 2.45) is 7.05 Å². The van der Waals surface area contributed by atoms with Crippen LogP contribution in [0, 0.1) is 10.1 Å². The molecule has 1 aromatic heterocycles. The monoisotopic (exact) mass is 311 g/mol. The number of halogens is 1. The van der Waals surface area contributed by atoms with Gasteiger partial charge in [-0.05, 0) is 12.1 Å². The third kappa shape index (κ3) is 2.65. The predicted molar refractivity (Wildman–Crippen MR) is 69.1 cm³/mol. The van der Waals surface area contributed by atoms with E-state index in [-0.39, 0.29) is 5.69 Å². The maximum absolute atomic E-state index is 10.9. The van der Waals surface area contributed by atoms with E-state index in [0.717, 1.165) is 4.47 Å². The minimum atomic E-state index is -0.425. The zero-order valence-corrected chi connectivity index (χ0v) is 11.1. The number of nitro benzene ring substituents is 1. The smallest absolute Gasteiger partial charge is 0.292 e. The van der Waals surface area contributed by atoms with Gasteiger partial charge in [0, 0.05) is 17.6 Å². The molecule has 0 fully saturated rings. The second kappa shape index (κ2) is 5.13. The lowest BCUT2D eigenvalue weighted by Gasteiger charge is -2.06. The maximum Gasteiger partial charge on any atom is 0.292 e. The van der Waals surface area contributed by atoms with Crippen molar-refractivity contribution in [3.05, 3.63) is 44.9 Å². The van der Waals surface area contributed by atoms with Crippen molar-refractivity contribution in [2.45, 2.75) is 6.54 Å². The molecule has 1 N–H and O–H groups in total. The molecule has 94 valence electrons. The Balaban J connectivity index is 2.20. The zero-order chi connectivity index (χ0) is 13.1. The highest BCUT2D eigenvalue weighted by Crippen LogP contribution is 2.28. The molecule has 0 unspecified atom stereocenters. The van der Waals surface area contributed by atoms with E-state index in [9.17, 15) is 10.1 Å². The van der Waals surface area contributed by atoms with Gasteiger partial charge < -0.3 is 9.88 Å². The van der Waals surface area contributed by atoms with E-state index in [1.54, 1.807) is 23.0 Å². The van der Waals surface area contributed by atoms with Crippen LogP contribution < -0.4 is 5.32 Å². The molecule has 0 bridgehead atoms. The van der Waals surface area contributed by atoms with Crippen molar-refractivity contribution in [3.63, 3.8) is 0 Å². The summed E-state index contributed by atoms with van der Waals surface area (Å²) >= 11 is 3.28. The fraction of sp³-hybridized carbons (Fsp3) is 0.200. The summed E-state index contributed by atoms with van der Waals surface area (Å²) < 4.78 is 2.52. The minimum absolute atomic E-state index is 0.0281. The molecule has 8 heteroatoms. The molecule has 0 radical (unpaired) electrons. The number of hydrogen-bond donors (Lipinski definition) is 1. The molecule has 0 aliphatic rings. The lowest BCUT2D eigenvalue weighted by atomic mass is 10.2. The van der Waals surface area contributed by atoms with Crippen LogP contribution in [0.15, 0.2) is 29.0 Å². The zero-order valence-electron chi connectivity index (χ0n) is 9.50. The van der Waals surface area contributed by atoms with E-state index < -0.39 is 4.92 Å². The molecule has 0 saturated carbocycles. The Kier molecular flexibility index (Phi) is 3.56. The first-order valence-corrected chi connectivity index (χ1v) is 5.88. The van der Waals surface area contributed by atoms with Gasteiger partial charge in [0.2, 0.25) is 0 Å². The van der Waals surface area contributed by atoms with E-state index >= 15 is 0 Å². The van der Waals surface area contributed by atoms with Crippen LogP contribution in [-0.2, 0) is 13.6 Å². The Morgan fingerprint density at radius 2 is 2.33 bits per heavy atom. The number of nitro groups is 1. The average Bonchev–Trinajstić information content (AvgIpc) is 2.72. The van der Waals surface area contributed by atoms with Crippen molar-refractivity contribution in [2.75, 3.05) is 5.32 Å². The van der Waals surface area contributed by atoms with Crippen molar-refractivity contribution in [3.8, 4) is 0 Å². The van der Waals surface area contributed by atoms with Gasteiger partial charge in [0.05, 0.1) is 11.5 Å². The van der Waals surface area contributed by atoms with Crippen LogP contribution in [0.1, 0.15) is 5.82 Å². The normalized spacial score (nSPS) is 10.3. The van der Waals surface area contributed by atoms with Crippen molar-refractivity contribution >= 4 is 27.3 Å². The van der Waals surface area contributed by atoms with Crippen molar-refractivity contribution < 1.29 is 4.92 Å². The maximum atomic E-state index is 10.9. The lowest BCUT2D eigenvalue weighted by molar-refractivity contribution is -0.384. The van der Waals surface area contributed by atoms with Crippen LogP contribution in [0.3, 0.4) is 0 Å². The molecule has 0 atom stereocenters. The molecule has 1 heterocycles. The number of nitrogens with zero attached hydrogens (tertiary/aromatic N) is 4. The van der Waals surface area contributed by atoms with Crippen LogP contribution >= 0.6 is 15.9 Å². The molecule has 0 aliphatic carbocycles. The van der Waals surface area contributed by atoms with Crippen LogP contribution in [0.5, 0.6) is 0 Å². The Labute approximate surface area is 111 Å².